The van der Waals surface area contributed by atoms with E-state index in [0.717, 1.165) is 5.56 Å². The molecule has 2 aromatic rings. The maximum Gasteiger partial charge on any atom is 0.322 e. The van der Waals surface area contributed by atoms with Gasteiger partial charge in [-0.05, 0) is 49.6 Å². The number of nitrogens with one attached hydrogen (secondary N) is 1. The van der Waals surface area contributed by atoms with Crippen molar-refractivity contribution in [3.8, 4) is 0 Å². The van der Waals surface area contributed by atoms with Gasteiger partial charge in [-0.3, -0.25) is 9.78 Å². The summed E-state index contributed by atoms with van der Waals surface area (Å²) in [6.07, 6.45) is 3.11. The second-order valence-corrected chi connectivity index (χ2v) is 7.02. The third kappa shape index (κ3) is 4.37. The molecule has 0 saturated heterocycles. The first-order valence-corrected chi connectivity index (χ1v) is 8.49. The highest BCUT2D eigenvalue weighted by Crippen LogP contribution is 2.17. The molecule has 1 heterocycles. The molecule has 0 spiro atoms. The SMILES string of the molecule is Cc1ccc(S(=O)(=O)NC(Cc2ccncc2)C(=O)O)c(C)c1. The van der Waals surface area contributed by atoms with Gasteiger partial charge >= 0.3 is 5.97 Å². The van der Waals surface area contributed by atoms with Crippen molar-refractivity contribution in [2.24, 2.45) is 0 Å². The van der Waals surface area contributed by atoms with Crippen LogP contribution in [0.25, 0.3) is 0 Å². The molecule has 0 saturated carbocycles. The minimum absolute atomic E-state index is 0.0436. The van der Waals surface area contributed by atoms with E-state index in [1.165, 1.54) is 18.5 Å². The summed E-state index contributed by atoms with van der Waals surface area (Å²) in [5, 5.41) is 9.32. The molecule has 122 valence electrons. The molecule has 7 heteroatoms. The second kappa shape index (κ2) is 6.89. The van der Waals surface area contributed by atoms with Crippen molar-refractivity contribution in [2.75, 3.05) is 0 Å². The van der Waals surface area contributed by atoms with Gasteiger partial charge in [-0.25, -0.2) is 8.42 Å². The Morgan fingerprint density at radius 1 is 1.22 bits per heavy atom. The molecular formula is C16H18N2O4S. The number of aromatic nitrogens is 1. The number of aliphatic carboxylic acids is 1. The number of rotatable bonds is 6. The van der Waals surface area contributed by atoms with Crippen LogP contribution >= 0.6 is 0 Å². The van der Waals surface area contributed by atoms with Crippen LogP contribution in [0.2, 0.25) is 0 Å². The smallest absolute Gasteiger partial charge is 0.322 e. The van der Waals surface area contributed by atoms with Gasteiger partial charge in [0.25, 0.3) is 0 Å². The number of hydrogen-bond donors (Lipinski definition) is 2. The third-order valence-corrected chi connectivity index (χ3v) is 5.04. The van der Waals surface area contributed by atoms with E-state index in [4.69, 9.17) is 0 Å². The number of carboxylic acid groups (broad SMARTS) is 1. The van der Waals surface area contributed by atoms with E-state index in [9.17, 15) is 18.3 Å². The Bertz CT molecular complexity index is 804. The number of aryl methyl sites for hydroxylation is 2. The minimum atomic E-state index is -3.92. The fourth-order valence-corrected chi connectivity index (χ4v) is 3.70. The van der Waals surface area contributed by atoms with Crippen molar-refractivity contribution in [2.45, 2.75) is 31.2 Å². The number of nitrogens with zero attached hydrogens (tertiary/aromatic N) is 1. The summed E-state index contributed by atoms with van der Waals surface area (Å²) in [6, 6.07) is 6.97. The summed E-state index contributed by atoms with van der Waals surface area (Å²) in [7, 11) is -3.92. The van der Waals surface area contributed by atoms with E-state index < -0.39 is 22.0 Å². The Kier molecular flexibility index (Phi) is 5.12. The standard InChI is InChI=1S/C16H18N2O4S/c1-11-3-4-15(12(2)9-11)23(21,22)18-14(16(19)20)10-13-5-7-17-8-6-13/h3-9,14,18H,10H2,1-2H3,(H,19,20). The number of pyridine rings is 1. The van der Waals surface area contributed by atoms with Crippen molar-refractivity contribution in [1.82, 2.24) is 9.71 Å². The van der Waals surface area contributed by atoms with Crippen LogP contribution in [-0.2, 0) is 21.2 Å². The molecule has 1 aromatic carbocycles. The summed E-state index contributed by atoms with van der Waals surface area (Å²) in [5.41, 5.74) is 2.20. The highest BCUT2D eigenvalue weighted by Gasteiger charge is 2.26. The summed E-state index contributed by atoms with van der Waals surface area (Å²) < 4.78 is 27.2. The lowest BCUT2D eigenvalue weighted by molar-refractivity contribution is -0.138. The maximum atomic E-state index is 12.5. The molecule has 0 aliphatic heterocycles. The van der Waals surface area contributed by atoms with Crippen LogP contribution in [0.3, 0.4) is 0 Å². The van der Waals surface area contributed by atoms with Gasteiger partial charge in [-0.2, -0.15) is 4.72 Å². The molecule has 0 bridgehead atoms. The van der Waals surface area contributed by atoms with Gasteiger partial charge in [-0.15, -0.1) is 0 Å². The van der Waals surface area contributed by atoms with Crippen molar-refractivity contribution in [3.63, 3.8) is 0 Å². The predicted octanol–water partition coefficient (Wildman–Crippen LogP) is 1.67. The fraction of sp³-hybridized carbons (Fsp3) is 0.250. The maximum absolute atomic E-state index is 12.5. The van der Waals surface area contributed by atoms with E-state index in [1.54, 1.807) is 31.2 Å². The summed E-state index contributed by atoms with van der Waals surface area (Å²) in [6.45, 7) is 3.54. The normalized spacial score (nSPS) is 12.8. The van der Waals surface area contributed by atoms with Gasteiger partial charge < -0.3 is 5.11 Å². The van der Waals surface area contributed by atoms with Gasteiger partial charge in [0.1, 0.15) is 6.04 Å². The summed E-state index contributed by atoms with van der Waals surface area (Å²) >= 11 is 0. The zero-order chi connectivity index (χ0) is 17.0. The highest BCUT2D eigenvalue weighted by molar-refractivity contribution is 7.89. The monoisotopic (exact) mass is 334 g/mol. The van der Waals surface area contributed by atoms with Crippen LogP contribution in [0.5, 0.6) is 0 Å². The minimum Gasteiger partial charge on any atom is -0.480 e. The van der Waals surface area contributed by atoms with Crippen LogP contribution in [-0.4, -0.2) is 30.5 Å². The summed E-state index contributed by atoms with van der Waals surface area (Å²) in [4.78, 5) is 15.3. The van der Waals surface area contributed by atoms with Gasteiger partial charge in [0.05, 0.1) is 4.90 Å². The van der Waals surface area contributed by atoms with Crippen LogP contribution in [0.1, 0.15) is 16.7 Å². The van der Waals surface area contributed by atoms with Gasteiger partial charge in [0, 0.05) is 12.4 Å². The fourth-order valence-electron chi connectivity index (χ4n) is 2.29. The molecule has 23 heavy (non-hydrogen) atoms. The molecule has 1 unspecified atom stereocenters. The average Bonchev–Trinajstić information content (AvgIpc) is 2.46. The van der Waals surface area contributed by atoms with E-state index >= 15 is 0 Å². The lowest BCUT2D eigenvalue weighted by Crippen LogP contribution is -2.42. The van der Waals surface area contributed by atoms with Crippen molar-refractivity contribution < 1.29 is 18.3 Å². The lowest BCUT2D eigenvalue weighted by Gasteiger charge is -2.16. The van der Waals surface area contributed by atoms with Crippen LogP contribution in [0, 0.1) is 13.8 Å². The van der Waals surface area contributed by atoms with Crippen molar-refractivity contribution in [1.29, 1.82) is 0 Å². The van der Waals surface area contributed by atoms with Gasteiger partial charge in [-0.1, -0.05) is 17.7 Å². The lowest BCUT2D eigenvalue weighted by atomic mass is 10.1. The second-order valence-electron chi connectivity index (χ2n) is 5.34. The number of carbonyl (C=O) groups is 1. The van der Waals surface area contributed by atoms with Gasteiger partial charge in [0.15, 0.2) is 0 Å². The molecule has 0 radical (unpaired) electrons. The quantitative estimate of drug-likeness (QED) is 0.838. The molecule has 0 aliphatic rings. The number of hydrogen-bond acceptors (Lipinski definition) is 4. The number of carboxylic acids is 1. The molecule has 6 nitrogen and oxygen atoms in total. The average molecular weight is 334 g/mol. The molecule has 1 aromatic heterocycles. The van der Waals surface area contributed by atoms with Crippen molar-refractivity contribution in [3.05, 3.63) is 59.4 Å². The Morgan fingerprint density at radius 2 is 1.87 bits per heavy atom. The largest absolute Gasteiger partial charge is 0.480 e. The predicted molar refractivity (Wildman–Crippen MR) is 85.6 cm³/mol. The number of benzene rings is 1. The first-order valence-electron chi connectivity index (χ1n) is 7.01. The zero-order valence-corrected chi connectivity index (χ0v) is 13.7. The zero-order valence-electron chi connectivity index (χ0n) is 12.9. The Morgan fingerprint density at radius 3 is 2.43 bits per heavy atom. The van der Waals surface area contributed by atoms with E-state index in [1.807, 2.05) is 6.92 Å². The third-order valence-electron chi connectivity index (χ3n) is 3.40. The number of sulfonamides is 1. The molecule has 0 fully saturated rings. The van der Waals surface area contributed by atoms with E-state index in [0.29, 0.717) is 11.1 Å². The van der Waals surface area contributed by atoms with Crippen molar-refractivity contribution >= 4 is 16.0 Å². The van der Waals surface area contributed by atoms with Gasteiger partial charge in [0.2, 0.25) is 10.0 Å². The molecule has 0 amide bonds. The molecule has 2 N–H and O–H groups in total. The highest BCUT2D eigenvalue weighted by atomic mass is 32.2. The first kappa shape index (κ1) is 17.1. The van der Waals surface area contributed by atoms with Crippen LogP contribution in [0.4, 0.5) is 0 Å². The van der Waals surface area contributed by atoms with Crippen LogP contribution in [0.15, 0.2) is 47.6 Å². The molecule has 0 aliphatic carbocycles. The molecule has 2 rings (SSSR count). The van der Waals surface area contributed by atoms with E-state index in [2.05, 4.69) is 9.71 Å². The Balaban J connectivity index is 2.26. The molecular weight excluding hydrogens is 316 g/mol. The first-order chi connectivity index (χ1) is 10.8. The summed E-state index contributed by atoms with van der Waals surface area (Å²) in [5.74, 6) is -1.23. The van der Waals surface area contributed by atoms with Crippen LogP contribution < -0.4 is 4.72 Å². The molecule has 1 atom stereocenters. The van der Waals surface area contributed by atoms with E-state index in [-0.39, 0.29) is 11.3 Å². The Hall–Kier alpha value is -2.25. The Labute approximate surface area is 135 Å². The topological polar surface area (TPSA) is 96.4 Å².